The van der Waals surface area contributed by atoms with E-state index in [0.717, 1.165) is 5.82 Å². The van der Waals surface area contributed by atoms with E-state index < -0.39 is 4.92 Å². The van der Waals surface area contributed by atoms with Gasteiger partial charge in [0.05, 0.1) is 17.7 Å². The summed E-state index contributed by atoms with van der Waals surface area (Å²) >= 11 is 1.43. The van der Waals surface area contributed by atoms with E-state index in [2.05, 4.69) is 15.3 Å². The maximum Gasteiger partial charge on any atom is 0.311 e. The third-order valence-corrected chi connectivity index (χ3v) is 3.60. The zero-order valence-corrected chi connectivity index (χ0v) is 13.9. The topological polar surface area (TPSA) is 95.4 Å². The van der Waals surface area contributed by atoms with Crippen molar-refractivity contribution in [1.29, 1.82) is 0 Å². The van der Waals surface area contributed by atoms with E-state index in [-0.39, 0.29) is 11.4 Å². The van der Waals surface area contributed by atoms with Gasteiger partial charge in [0.2, 0.25) is 5.16 Å². The second-order valence-electron chi connectivity index (χ2n) is 4.43. The van der Waals surface area contributed by atoms with Gasteiger partial charge in [-0.25, -0.2) is 0 Å². The molecule has 2 rings (SSSR count). The highest BCUT2D eigenvalue weighted by atomic mass is 32.2. The van der Waals surface area contributed by atoms with Crippen LogP contribution >= 0.6 is 11.8 Å². The smallest absolute Gasteiger partial charge is 0.311 e. The van der Waals surface area contributed by atoms with Crippen LogP contribution in [-0.4, -0.2) is 38.9 Å². The minimum absolute atomic E-state index is 0.0830. The van der Waals surface area contributed by atoms with Crippen LogP contribution in [0, 0.1) is 10.1 Å². The Balaban J connectivity index is 2.35. The number of benzene rings is 1. The van der Waals surface area contributed by atoms with E-state index >= 15 is 0 Å². The van der Waals surface area contributed by atoms with Gasteiger partial charge in [0.15, 0.2) is 11.6 Å². The molecule has 1 heterocycles. The Morgan fingerprint density at radius 2 is 2.22 bits per heavy atom. The Morgan fingerprint density at radius 1 is 1.43 bits per heavy atom. The molecule has 23 heavy (non-hydrogen) atoms. The molecule has 9 heteroatoms. The van der Waals surface area contributed by atoms with Gasteiger partial charge in [0, 0.05) is 18.1 Å². The second-order valence-corrected chi connectivity index (χ2v) is 5.20. The van der Waals surface area contributed by atoms with E-state index in [1.54, 1.807) is 29.9 Å². The fourth-order valence-corrected chi connectivity index (χ4v) is 2.37. The van der Waals surface area contributed by atoms with Crippen LogP contribution in [-0.2, 0) is 6.42 Å². The van der Waals surface area contributed by atoms with Crippen molar-refractivity contribution in [2.24, 2.45) is 5.10 Å². The van der Waals surface area contributed by atoms with Crippen molar-refractivity contribution in [2.75, 3.05) is 12.9 Å². The Hall–Kier alpha value is -2.42. The number of nitro groups is 1. The average Bonchev–Trinajstić information content (AvgIpc) is 2.95. The van der Waals surface area contributed by atoms with Gasteiger partial charge in [-0.3, -0.25) is 10.1 Å². The Morgan fingerprint density at radius 3 is 2.83 bits per heavy atom. The molecule has 0 aliphatic rings. The SMILES string of the molecule is CCOc1ccc(/C=N\n2c(CC)nnc2SC)cc1[N+](=O)[O-]. The highest BCUT2D eigenvalue weighted by Gasteiger charge is 2.15. The predicted molar refractivity (Wildman–Crippen MR) is 88.4 cm³/mol. The second kappa shape index (κ2) is 7.73. The molecule has 1 aromatic heterocycles. The van der Waals surface area contributed by atoms with Gasteiger partial charge in [-0.15, -0.1) is 10.2 Å². The summed E-state index contributed by atoms with van der Waals surface area (Å²) in [7, 11) is 0. The lowest BCUT2D eigenvalue weighted by Crippen LogP contribution is -2.00. The Kier molecular flexibility index (Phi) is 5.69. The van der Waals surface area contributed by atoms with Crippen molar-refractivity contribution in [3.8, 4) is 5.75 Å². The molecule has 1 aromatic carbocycles. The van der Waals surface area contributed by atoms with Crippen molar-refractivity contribution in [2.45, 2.75) is 25.4 Å². The molecular formula is C14H17N5O3S. The van der Waals surface area contributed by atoms with Gasteiger partial charge in [-0.05, 0) is 25.3 Å². The predicted octanol–water partition coefficient (Wildman–Crippen LogP) is 2.75. The van der Waals surface area contributed by atoms with Crippen molar-refractivity contribution in [3.05, 3.63) is 39.7 Å². The Labute approximate surface area is 137 Å². The number of rotatable bonds is 7. The molecule has 2 aromatic rings. The molecule has 0 aliphatic heterocycles. The van der Waals surface area contributed by atoms with Crippen molar-refractivity contribution in [3.63, 3.8) is 0 Å². The van der Waals surface area contributed by atoms with E-state index in [1.807, 2.05) is 13.2 Å². The zero-order valence-electron chi connectivity index (χ0n) is 13.1. The van der Waals surface area contributed by atoms with Crippen LogP contribution in [0.15, 0.2) is 28.5 Å². The third-order valence-electron chi connectivity index (χ3n) is 2.98. The minimum Gasteiger partial charge on any atom is -0.487 e. The van der Waals surface area contributed by atoms with Gasteiger partial charge in [-0.1, -0.05) is 18.7 Å². The van der Waals surface area contributed by atoms with Gasteiger partial charge in [0.25, 0.3) is 0 Å². The minimum atomic E-state index is -0.466. The normalized spacial score (nSPS) is 11.1. The maximum absolute atomic E-state index is 11.1. The molecule has 0 unspecified atom stereocenters. The first-order valence-electron chi connectivity index (χ1n) is 7.04. The number of aromatic nitrogens is 3. The highest BCUT2D eigenvalue weighted by molar-refractivity contribution is 7.98. The number of nitro benzene ring substituents is 1. The van der Waals surface area contributed by atoms with Crippen LogP contribution in [0.3, 0.4) is 0 Å². The van der Waals surface area contributed by atoms with E-state index in [9.17, 15) is 10.1 Å². The summed E-state index contributed by atoms with van der Waals surface area (Å²) in [5.41, 5.74) is 0.517. The van der Waals surface area contributed by atoms with Crippen LogP contribution in [0.25, 0.3) is 0 Å². The van der Waals surface area contributed by atoms with Crippen LogP contribution in [0.1, 0.15) is 25.2 Å². The molecular weight excluding hydrogens is 318 g/mol. The average molecular weight is 335 g/mol. The molecule has 0 saturated carbocycles. The standard InChI is InChI=1S/C14H17N5O3S/c1-4-13-16-17-14(23-3)18(13)15-9-10-6-7-12(22-5-2)11(8-10)19(20)21/h6-9H,4-5H2,1-3H3/b15-9-. The van der Waals surface area contributed by atoms with Crippen LogP contribution in [0.5, 0.6) is 5.75 Å². The molecule has 0 spiro atoms. The van der Waals surface area contributed by atoms with E-state index in [4.69, 9.17) is 4.74 Å². The first kappa shape index (κ1) is 16.9. The summed E-state index contributed by atoms with van der Waals surface area (Å²) in [6.07, 6.45) is 4.12. The quantitative estimate of drug-likeness (QED) is 0.334. The summed E-state index contributed by atoms with van der Waals surface area (Å²) in [6.45, 7) is 4.11. The maximum atomic E-state index is 11.1. The molecule has 8 nitrogen and oxygen atoms in total. The lowest BCUT2D eigenvalue weighted by atomic mass is 10.2. The summed E-state index contributed by atoms with van der Waals surface area (Å²) in [5.74, 6) is 0.976. The van der Waals surface area contributed by atoms with Gasteiger partial charge in [-0.2, -0.15) is 9.78 Å². The Bertz CT molecular complexity index is 708. The van der Waals surface area contributed by atoms with Crippen LogP contribution in [0.2, 0.25) is 0 Å². The van der Waals surface area contributed by atoms with Gasteiger partial charge >= 0.3 is 5.69 Å². The molecule has 0 N–H and O–H groups in total. The van der Waals surface area contributed by atoms with Gasteiger partial charge in [0.1, 0.15) is 0 Å². The molecule has 0 saturated heterocycles. The zero-order chi connectivity index (χ0) is 16.8. The third kappa shape index (κ3) is 3.86. The fraction of sp³-hybridized carbons (Fsp3) is 0.357. The lowest BCUT2D eigenvalue weighted by molar-refractivity contribution is -0.385. The first-order valence-corrected chi connectivity index (χ1v) is 8.27. The monoisotopic (exact) mass is 335 g/mol. The fourth-order valence-electron chi connectivity index (χ4n) is 1.92. The number of aryl methyl sites for hydroxylation is 1. The molecule has 0 radical (unpaired) electrons. The summed E-state index contributed by atoms with van der Waals surface area (Å²) in [6, 6.07) is 4.73. The number of hydrogen-bond acceptors (Lipinski definition) is 7. The van der Waals surface area contributed by atoms with Crippen molar-refractivity contribution in [1.82, 2.24) is 14.9 Å². The highest BCUT2D eigenvalue weighted by Crippen LogP contribution is 2.27. The number of ether oxygens (including phenoxy) is 1. The molecule has 0 bridgehead atoms. The molecule has 0 aliphatic carbocycles. The number of nitrogens with zero attached hydrogens (tertiary/aromatic N) is 5. The van der Waals surface area contributed by atoms with Crippen molar-refractivity contribution < 1.29 is 9.66 Å². The molecule has 0 atom stereocenters. The lowest BCUT2D eigenvalue weighted by Gasteiger charge is -2.05. The number of hydrogen-bond donors (Lipinski definition) is 0. The summed E-state index contributed by atoms with van der Waals surface area (Å²) < 4.78 is 6.89. The van der Waals surface area contributed by atoms with Crippen LogP contribution < -0.4 is 4.74 Å². The number of thioether (sulfide) groups is 1. The summed E-state index contributed by atoms with van der Waals surface area (Å²) in [4.78, 5) is 10.7. The molecule has 122 valence electrons. The van der Waals surface area contributed by atoms with Crippen molar-refractivity contribution >= 4 is 23.7 Å². The molecule has 0 amide bonds. The van der Waals surface area contributed by atoms with Gasteiger partial charge < -0.3 is 4.74 Å². The largest absolute Gasteiger partial charge is 0.487 e. The van der Waals surface area contributed by atoms with E-state index in [0.29, 0.717) is 23.7 Å². The first-order chi connectivity index (χ1) is 11.1. The van der Waals surface area contributed by atoms with Crippen LogP contribution in [0.4, 0.5) is 5.69 Å². The van der Waals surface area contributed by atoms with E-state index in [1.165, 1.54) is 17.8 Å². The summed E-state index contributed by atoms with van der Waals surface area (Å²) in [5, 5.41) is 24.2. The molecule has 0 fully saturated rings.